The molecule has 1 fully saturated rings. The van der Waals surface area contributed by atoms with Gasteiger partial charge in [0.15, 0.2) is 5.82 Å². The van der Waals surface area contributed by atoms with E-state index < -0.39 is 0 Å². The van der Waals surface area contributed by atoms with Crippen molar-refractivity contribution < 1.29 is 9.32 Å². The Balaban J connectivity index is 1.74. The van der Waals surface area contributed by atoms with Crippen LogP contribution >= 0.6 is 0 Å². The lowest BCUT2D eigenvalue weighted by molar-refractivity contribution is 0.0786. The molecule has 2 aromatic heterocycles. The van der Waals surface area contributed by atoms with Gasteiger partial charge in [0.05, 0.1) is 18.9 Å². The number of nitrogens with zero attached hydrogens (tertiary/aromatic N) is 6. The van der Waals surface area contributed by atoms with Crippen molar-refractivity contribution in [2.24, 2.45) is 0 Å². The molecule has 0 N–H and O–H groups in total. The first-order valence-electron chi connectivity index (χ1n) is 6.82. The van der Waals surface area contributed by atoms with Gasteiger partial charge in [0, 0.05) is 20.1 Å². The van der Waals surface area contributed by atoms with Gasteiger partial charge < -0.3 is 14.3 Å². The minimum atomic E-state index is -0.0604. The van der Waals surface area contributed by atoms with Crippen LogP contribution in [-0.4, -0.2) is 51.1 Å². The quantitative estimate of drug-likeness (QED) is 0.819. The molecular weight excluding hydrogens is 272 g/mol. The van der Waals surface area contributed by atoms with E-state index in [9.17, 15) is 4.79 Å². The van der Waals surface area contributed by atoms with Crippen LogP contribution in [0.4, 0.5) is 5.82 Å². The fourth-order valence-corrected chi connectivity index (χ4v) is 2.28. The van der Waals surface area contributed by atoms with Crippen molar-refractivity contribution in [1.29, 1.82) is 0 Å². The smallest absolute Gasteiger partial charge is 0.274 e. The van der Waals surface area contributed by atoms with Gasteiger partial charge in [0.2, 0.25) is 6.39 Å². The van der Waals surface area contributed by atoms with Gasteiger partial charge in [-0.05, 0) is 12.8 Å². The summed E-state index contributed by atoms with van der Waals surface area (Å²) in [4.78, 5) is 28.4. The number of amides is 1. The molecule has 0 radical (unpaired) electrons. The lowest BCUT2D eigenvalue weighted by Gasteiger charge is -2.18. The molecule has 0 unspecified atom stereocenters. The van der Waals surface area contributed by atoms with Gasteiger partial charge in [-0.25, -0.2) is 4.98 Å². The Morgan fingerprint density at radius 1 is 1.38 bits per heavy atom. The second kappa shape index (κ2) is 5.86. The van der Waals surface area contributed by atoms with E-state index in [-0.39, 0.29) is 5.91 Å². The van der Waals surface area contributed by atoms with Crippen molar-refractivity contribution in [3.63, 3.8) is 0 Å². The Hall–Kier alpha value is -2.51. The number of rotatable bonds is 4. The van der Waals surface area contributed by atoms with Crippen LogP contribution in [0.2, 0.25) is 0 Å². The lowest BCUT2D eigenvalue weighted by atomic mass is 10.3. The van der Waals surface area contributed by atoms with Gasteiger partial charge in [0.1, 0.15) is 11.5 Å². The van der Waals surface area contributed by atoms with Crippen LogP contribution in [0.25, 0.3) is 0 Å². The molecule has 0 aromatic carbocycles. The van der Waals surface area contributed by atoms with E-state index >= 15 is 0 Å². The van der Waals surface area contributed by atoms with Gasteiger partial charge in [0.25, 0.3) is 5.91 Å². The summed E-state index contributed by atoms with van der Waals surface area (Å²) in [6, 6.07) is 0. The summed E-state index contributed by atoms with van der Waals surface area (Å²) in [6.07, 6.45) is 6.50. The standard InChI is InChI=1S/C13H16N6O2/c1-18(8-11-15-9-21-17-11)12-7-14-6-10(16-12)13(20)19-4-2-3-5-19/h6-7,9H,2-5,8H2,1H3. The molecule has 0 spiro atoms. The van der Waals surface area contributed by atoms with Crippen LogP contribution in [0.1, 0.15) is 29.2 Å². The van der Waals surface area contributed by atoms with Gasteiger partial charge in [-0.15, -0.1) is 0 Å². The maximum atomic E-state index is 12.3. The van der Waals surface area contributed by atoms with Crippen molar-refractivity contribution in [1.82, 2.24) is 25.0 Å². The summed E-state index contributed by atoms with van der Waals surface area (Å²) in [6.45, 7) is 2.03. The summed E-state index contributed by atoms with van der Waals surface area (Å²) < 4.78 is 4.70. The molecular formula is C13H16N6O2. The maximum Gasteiger partial charge on any atom is 0.274 e. The van der Waals surface area contributed by atoms with Crippen LogP contribution in [0, 0.1) is 0 Å². The predicted octanol–water partition coefficient (Wildman–Crippen LogP) is 0.732. The third kappa shape index (κ3) is 2.99. The van der Waals surface area contributed by atoms with E-state index in [0.717, 1.165) is 25.9 Å². The van der Waals surface area contributed by atoms with E-state index in [1.807, 2.05) is 16.8 Å². The highest BCUT2D eigenvalue weighted by Gasteiger charge is 2.21. The molecule has 3 heterocycles. The number of aromatic nitrogens is 4. The topological polar surface area (TPSA) is 88.2 Å². The molecule has 1 aliphatic rings. The van der Waals surface area contributed by atoms with Gasteiger partial charge >= 0.3 is 0 Å². The summed E-state index contributed by atoms with van der Waals surface area (Å²) in [5, 5.41) is 3.75. The molecule has 0 saturated carbocycles. The Kier molecular flexibility index (Phi) is 3.76. The first-order chi connectivity index (χ1) is 10.2. The minimum absolute atomic E-state index is 0.0604. The summed E-state index contributed by atoms with van der Waals surface area (Å²) in [5.74, 6) is 1.09. The average Bonchev–Trinajstić information content (AvgIpc) is 3.20. The largest absolute Gasteiger partial charge is 0.351 e. The molecule has 3 rings (SSSR count). The zero-order valence-corrected chi connectivity index (χ0v) is 11.8. The van der Waals surface area contributed by atoms with Crippen LogP contribution in [-0.2, 0) is 6.54 Å². The Morgan fingerprint density at radius 3 is 2.90 bits per heavy atom. The summed E-state index contributed by atoms with van der Waals surface area (Å²) in [7, 11) is 1.84. The van der Waals surface area contributed by atoms with Crippen LogP contribution in [0.3, 0.4) is 0 Å². The maximum absolute atomic E-state index is 12.3. The highest BCUT2D eigenvalue weighted by Crippen LogP contribution is 2.14. The molecule has 0 bridgehead atoms. The number of anilines is 1. The van der Waals surface area contributed by atoms with Crippen molar-refractivity contribution in [3.8, 4) is 0 Å². The van der Waals surface area contributed by atoms with Crippen molar-refractivity contribution >= 4 is 11.7 Å². The minimum Gasteiger partial charge on any atom is -0.351 e. The molecule has 8 nitrogen and oxygen atoms in total. The fraction of sp³-hybridized carbons (Fsp3) is 0.462. The lowest BCUT2D eigenvalue weighted by Crippen LogP contribution is -2.29. The first kappa shape index (κ1) is 13.5. The summed E-state index contributed by atoms with van der Waals surface area (Å²) in [5.41, 5.74) is 0.370. The van der Waals surface area contributed by atoms with E-state index in [2.05, 4.69) is 20.1 Å². The van der Waals surface area contributed by atoms with E-state index in [4.69, 9.17) is 4.52 Å². The van der Waals surface area contributed by atoms with Crippen molar-refractivity contribution in [2.45, 2.75) is 19.4 Å². The molecule has 2 aromatic rings. The van der Waals surface area contributed by atoms with Crippen LogP contribution in [0.5, 0.6) is 0 Å². The second-order valence-corrected chi connectivity index (χ2v) is 4.97. The number of hydrogen-bond acceptors (Lipinski definition) is 7. The molecule has 0 atom stereocenters. The molecule has 1 saturated heterocycles. The monoisotopic (exact) mass is 288 g/mol. The summed E-state index contributed by atoms with van der Waals surface area (Å²) >= 11 is 0. The Labute approximate surface area is 121 Å². The van der Waals surface area contributed by atoms with Gasteiger partial charge in [-0.3, -0.25) is 9.78 Å². The third-order valence-electron chi connectivity index (χ3n) is 3.41. The predicted molar refractivity (Wildman–Crippen MR) is 73.6 cm³/mol. The van der Waals surface area contributed by atoms with Crippen molar-refractivity contribution in [3.05, 3.63) is 30.3 Å². The highest BCUT2D eigenvalue weighted by atomic mass is 16.5. The van der Waals surface area contributed by atoms with E-state index in [1.165, 1.54) is 12.6 Å². The molecule has 0 aliphatic carbocycles. The third-order valence-corrected chi connectivity index (χ3v) is 3.41. The molecule has 1 amide bonds. The normalized spacial score (nSPS) is 14.4. The highest BCUT2D eigenvalue weighted by molar-refractivity contribution is 5.92. The number of likely N-dealkylation sites (tertiary alicyclic amines) is 1. The van der Waals surface area contributed by atoms with Crippen LogP contribution < -0.4 is 4.90 Å². The molecule has 110 valence electrons. The zero-order chi connectivity index (χ0) is 14.7. The second-order valence-electron chi connectivity index (χ2n) is 4.97. The number of carbonyl (C=O) groups excluding carboxylic acids is 1. The number of carbonyl (C=O) groups is 1. The Bertz CT molecular complexity index is 609. The zero-order valence-electron chi connectivity index (χ0n) is 11.8. The first-order valence-corrected chi connectivity index (χ1v) is 6.82. The molecule has 21 heavy (non-hydrogen) atoms. The van der Waals surface area contributed by atoms with Gasteiger partial charge in [-0.1, -0.05) is 5.16 Å². The number of hydrogen-bond donors (Lipinski definition) is 0. The van der Waals surface area contributed by atoms with E-state index in [1.54, 1.807) is 6.20 Å². The SMILES string of the molecule is CN(Cc1ncon1)c1cncc(C(=O)N2CCCC2)n1. The van der Waals surface area contributed by atoms with Gasteiger partial charge in [-0.2, -0.15) is 4.98 Å². The Morgan fingerprint density at radius 2 is 2.19 bits per heavy atom. The van der Waals surface area contributed by atoms with E-state index in [0.29, 0.717) is 23.9 Å². The average molecular weight is 288 g/mol. The molecule has 8 heteroatoms. The molecule has 1 aliphatic heterocycles. The van der Waals surface area contributed by atoms with Crippen molar-refractivity contribution in [2.75, 3.05) is 25.0 Å². The van der Waals surface area contributed by atoms with Crippen LogP contribution in [0.15, 0.2) is 23.3 Å². The fourth-order valence-electron chi connectivity index (χ4n) is 2.28.